The van der Waals surface area contributed by atoms with Gasteiger partial charge in [0, 0.05) is 23.2 Å². The van der Waals surface area contributed by atoms with Crippen molar-refractivity contribution < 1.29 is 22.4 Å². The Hall–Kier alpha value is -2.37. The quantitative estimate of drug-likeness (QED) is 0.686. The van der Waals surface area contributed by atoms with Crippen molar-refractivity contribution in [2.75, 3.05) is 11.4 Å². The zero-order valence-electron chi connectivity index (χ0n) is 13.1. The van der Waals surface area contributed by atoms with E-state index in [1.165, 1.54) is 4.90 Å². The molecule has 0 aromatic heterocycles. The van der Waals surface area contributed by atoms with Crippen LogP contribution in [0.4, 0.5) is 23.2 Å². The Bertz CT molecular complexity index is 811. The Morgan fingerprint density at radius 2 is 1.79 bits per heavy atom. The number of rotatable bonds is 1. The first-order valence-electron chi connectivity index (χ1n) is 7.39. The van der Waals surface area contributed by atoms with Crippen molar-refractivity contribution in [2.24, 2.45) is 0 Å². The Morgan fingerprint density at radius 1 is 1.12 bits per heavy atom. The van der Waals surface area contributed by atoms with Gasteiger partial charge in [0.05, 0.1) is 5.56 Å². The van der Waals surface area contributed by atoms with Crippen LogP contribution in [-0.4, -0.2) is 12.5 Å². The van der Waals surface area contributed by atoms with Crippen molar-refractivity contribution in [1.29, 1.82) is 0 Å². The molecule has 0 spiro atoms. The fourth-order valence-corrected chi connectivity index (χ4v) is 3.06. The molecule has 0 atom stereocenters. The summed E-state index contributed by atoms with van der Waals surface area (Å²) in [6, 6.07) is 9.63. The lowest BCUT2D eigenvalue weighted by Gasteiger charge is -2.21. The molecule has 1 heterocycles. The Balaban J connectivity index is 2.03. The van der Waals surface area contributed by atoms with Gasteiger partial charge in [-0.3, -0.25) is 4.79 Å². The normalized spacial score (nSPS) is 16.2. The van der Waals surface area contributed by atoms with Crippen LogP contribution in [0.1, 0.15) is 35.3 Å². The molecule has 2 nitrogen and oxygen atoms in total. The predicted molar refractivity (Wildman–Crippen MR) is 82.5 cm³/mol. The second-order valence-corrected chi connectivity index (χ2v) is 6.48. The third-order valence-electron chi connectivity index (χ3n) is 4.24. The number of halogens is 4. The lowest BCUT2D eigenvalue weighted by atomic mass is 9.87. The first-order chi connectivity index (χ1) is 11.1. The first kappa shape index (κ1) is 16.5. The summed E-state index contributed by atoms with van der Waals surface area (Å²) in [4.78, 5) is 14.2. The van der Waals surface area contributed by atoms with Gasteiger partial charge in [0.2, 0.25) is 0 Å². The number of hydrogen-bond acceptors (Lipinski definition) is 1. The molecule has 0 fully saturated rings. The number of para-hydroxylation sites is 1. The van der Waals surface area contributed by atoms with E-state index in [-0.39, 0.29) is 11.0 Å². The molecule has 3 rings (SSSR count). The van der Waals surface area contributed by atoms with Crippen molar-refractivity contribution in [1.82, 2.24) is 0 Å². The standard InChI is InChI=1S/C18H15F4NO/c1-17(2)10-23(15-6-4-3-5-12(15)17)16(24)11-7-8-14(19)13(9-11)18(20,21)22/h3-9H,10H2,1-2H3. The second-order valence-electron chi connectivity index (χ2n) is 6.48. The highest BCUT2D eigenvalue weighted by Gasteiger charge is 2.39. The van der Waals surface area contributed by atoms with Crippen LogP contribution >= 0.6 is 0 Å². The summed E-state index contributed by atoms with van der Waals surface area (Å²) in [7, 11) is 0. The summed E-state index contributed by atoms with van der Waals surface area (Å²) in [6.07, 6.45) is -4.84. The molecule has 0 radical (unpaired) electrons. The summed E-state index contributed by atoms with van der Waals surface area (Å²) in [5, 5.41) is 0. The Labute approximate surface area is 136 Å². The van der Waals surface area contributed by atoms with Crippen molar-refractivity contribution >= 4 is 11.6 Å². The molecule has 1 amide bonds. The predicted octanol–water partition coefficient (Wildman–Crippen LogP) is 4.78. The summed E-state index contributed by atoms with van der Waals surface area (Å²) in [5.41, 5.74) is -0.294. The fraction of sp³-hybridized carbons (Fsp3) is 0.278. The molecule has 0 aliphatic carbocycles. The third-order valence-corrected chi connectivity index (χ3v) is 4.24. The van der Waals surface area contributed by atoms with E-state index in [1.807, 2.05) is 26.0 Å². The van der Waals surface area contributed by atoms with Gasteiger partial charge in [-0.05, 0) is 29.8 Å². The van der Waals surface area contributed by atoms with Gasteiger partial charge in [0.15, 0.2) is 0 Å². The second kappa shape index (κ2) is 5.33. The van der Waals surface area contributed by atoms with Crippen molar-refractivity contribution in [3.63, 3.8) is 0 Å². The number of fused-ring (bicyclic) bond motifs is 1. The number of carbonyl (C=O) groups excluding carboxylic acids is 1. The molecule has 6 heteroatoms. The molecule has 126 valence electrons. The zero-order chi connectivity index (χ0) is 17.7. The molecule has 24 heavy (non-hydrogen) atoms. The number of hydrogen-bond donors (Lipinski definition) is 0. The summed E-state index contributed by atoms with van der Waals surface area (Å²) in [5.74, 6) is -1.96. The van der Waals surface area contributed by atoms with Crippen molar-refractivity contribution in [3.8, 4) is 0 Å². The maximum atomic E-state index is 13.4. The minimum absolute atomic E-state index is 0.184. The fourth-order valence-electron chi connectivity index (χ4n) is 3.06. The van der Waals surface area contributed by atoms with Gasteiger partial charge in [-0.1, -0.05) is 32.0 Å². The Morgan fingerprint density at radius 3 is 2.46 bits per heavy atom. The first-order valence-corrected chi connectivity index (χ1v) is 7.39. The van der Waals surface area contributed by atoms with Gasteiger partial charge in [-0.2, -0.15) is 13.2 Å². The van der Waals surface area contributed by atoms with Crippen LogP contribution in [0.15, 0.2) is 42.5 Å². The maximum Gasteiger partial charge on any atom is 0.419 e. The lowest BCUT2D eigenvalue weighted by molar-refractivity contribution is -0.140. The zero-order valence-corrected chi connectivity index (χ0v) is 13.1. The van der Waals surface area contributed by atoms with E-state index in [2.05, 4.69) is 0 Å². The van der Waals surface area contributed by atoms with Crippen molar-refractivity contribution in [2.45, 2.75) is 25.4 Å². The number of amides is 1. The van der Waals surface area contributed by atoms with E-state index in [4.69, 9.17) is 0 Å². The maximum absolute atomic E-state index is 13.4. The van der Waals surface area contributed by atoms with E-state index < -0.39 is 23.5 Å². The molecule has 0 unspecified atom stereocenters. The highest BCUT2D eigenvalue weighted by molar-refractivity contribution is 6.07. The average Bonchev–Trinajstić information content (AvgIpc) is 2.78. The van der Waals surface area contributed by atoms with Crippen LogP contribution in [0, 0.1) is 5.82 Å². The van der Waals surface area contributed by atoms with Crippen LogP contribution < -0.4 is 4.90 Å². The molecular formula is C18H15F4NO. The number of carbonyl (C=O) groups is 1. The van der Waals surface area contributed by atoms with Gasteiger partial charge < -0.3 is 4.90 Å². The van der Waals surface area contributed by atoms with E-state index in [1.54, 1.807) is 12.1 Å². The monoisotopic (exact) mass is 337 g/mol. The molecule has 0 N–H and O–H groups in total. The van der Waals surface area contributed by atoms with Crippen LogP contribution in [0.25, 0.3) is 0 Å². The molecular weight excluding hydrogens is 322 g/mol. The van der Waals surface area contributed by atoms with Gasteiger partial charge in [-0.25, -0.2) is 4.39 Å². The minimum atomic E-state index is -4.84. The van der Waals surface area contributed by atoms with E-state index in [0.717, 1.165) is 11.6 Å². The average molecular weight is 337 g/mol. The number of alkyl halides is 3. The van der Waals surface area contributed by atoms with E-state index >= 15 is 0 Å². The summed E-state index contributed by atoms with van der Waals surface area (Å²) in [6.45, 7) is 4.28. The topological polar surface area (TPSA) is 20.3 Å². The lowest BCUT2D eigenvalue weighted by Crippen LogP contribution is -2.34. The molecule has 2 aromatic rings. The minimum Gasteiger partial charge on any atom is -0.307 e. The van der Waals surface area contributed by atoms with Crippen LogP contribution in [0.5, 0.6) is 0 Å². The third kappa shape index (κ3) is 2.66. The highest BCUT2D eigenvalue weighted by atomic mass is 19.4. The van der Waals surface area contributed by atoms with Crippen molar-refractivity contribution in [3.05, 3.63) is 65.0 Å². The smallest absolute Gasteiger partial charge is 0.307 e. The number of anilines is 1. The van der Waals surface area contributed by atoms with Gasteiger partial charge in [-0.15, -0.1) is 0 Å². The van der Waals surface area contributed by atoms with E-state index in [9.17, 15) is 22.4 Å². The molecule has 2 aromatic carbocycles. The van der Waals surface area contributed by atoms with Crippen LogP contribution in [0.3, 0.4) is 0 Å². The largest absolute Gasteiger partial charge is 0.419 e. The van der Waals surface area contributed by atoms with Gasteiger partial charge in [0.1, 0.15) is 5.82 Å². The van der Waals surface area contributed by atoms with Gasteiger partial charge >= 0.3 is 6.18 Å². The highest BCUT2D eigenvalue weighted by Crippen LogP contribution is 2.41. The summed E-state index contributed by atoms with van der Waals surface area (Å²) < 4.78 is 52.0. The van der Waals surface area contributed by atoms with Crippen LogP contribution in [0.2, 0.25) is 0 Å². The number of benzene rings is 2. The molecule has 1 aliphatic heterocycles. The molecule has 1 aliphatic rings. The van der Waals surface area contributed by atoms with Crippen LogP contribution in [-0.2, 0) is 11.6 Å². The molecule has 0 saturated carbocycles. The number of nitrogens with zero attached hydrogens (tertiary/aromatic N) is 1. The molecule has 0 bridgehead atoms. The van der Waals surface area contributed by atoms with E-state index in [0.29, 0.717) is 24.4 Å². The van der Waals surface area contributed by atoms with Gasteiger partial charge in [0.25, 0.3) is 5.91 Å². The summed E-state index contributed by atoms with van der Waals surface area (Å²) >= 11 is 0. The molecule has 0 saturated heterocycles. The Kier molecular flexibility index (Phi) is 3.66. The SMILES string of the molecule is CC1(C)CN(C(=O)c2ccc(F)c(C(F)(F)F)c2)c2ccccc21.